The van der Waals surface area contributed by atoms with Crippen LogP contribution < -0.4 is 10.0 Å². The summed E-state index contributed by atoms with van der Waals surface area (Å²) in [5.74, 6) is -0.948. The molecule has 0 spiro atoms. The maximum Gasteiger partial charge on any atom is 0.271 e. The number of nitro groups is 1. The first-order valence-corrected chi connectivity index (χ1v) is 8.18. The van der Waals surface area contributed by atoms with E-state index < -0.39 is 26.5 Å². The van der Waals surface area contributed by atoms with Crippen LogP contribution in [-0.2, 0) is 10.0 Å². The molecule has 116 valence electrons. The molecule has 21 heavy (non-hydrogen) atoms. The van der Waals surface area contributed by atoms with Gasteiger partial charge in [0.05, 0.1) is 16.4 Å². The van der Waals surface area contributed by atoms with Crippen LogP contribution in [0.15, 0.2) is 18.2 Å². The third-order valence-electron chi connectivity index (χ3n) is 3.34. The fourth-order valence-electron chi connectivity index (χ4n) is 2.27. The Labute approximate surface area is 121 Å². The van der Waals surface area contributed by atoms with Crippen molar-refractivity contribution in [1.82, 2.24) is 5.32 Å². The molecule has 0 saturated carbocycles. The highest BCUT2D eigenvalue weighted by atomic mass is 32.2. The molecule has 0 unspecified atom stereocenters. The van der Waals surface area contributed by atoms with Gasteiger partial charge >= 0.3 is 0 Å². The van der Waals surface area contributed by atoms with Crippen molar-refractivity contribution in [3.05, 3.63) is 34.1 Å². The van der Waals surface area contributed by atoms with Crippen molar-refractivity contribution < 1.29 is 17.7 Å². The largest absolute Gasteiger partial charge is 0.317 e. The number of anilines is 1. The van der Waals surface area contributed by atoms with Crippen LogP contribution in [0.2, 0.25) is 0 Å². The number of non-ortho nitro benzene ring substituents is 1. The first-order valence-electron chi connectivity index (χ1n) is 6.52. The van der Waals surface area contributed by atoms with Crippen LogP contribution in [0.4, 0.5) is 15.8 Å². The van der Waals surface area contributed by atoms with Crippen LogP contribution >= 0.6 is 0 Å². The second-order valence-corrected chi connectivity index (χ2v) is 6.77. The number of rotatable bonds is 5. The summed E-state index contributed by atoms with van der Waals surface area (Å²) in [7, 11) is -3.74. The summed E-state index contributed by atoms with van der Waals surface area (Å²) in [5, 5.41) is 13.8. The number of piperidine rings is 1. The highest BCUT2D eigenvalue weighted by molar-refractivity contribution is 7.92. The zero-order valence-corrected chi connectivity index (χ0v) is 12.0. The molecule has 0 aromatic heterocycles. The summed E-state index contributed by atoms with van der Waals surface area (Å²) < 4.78 is 39.8. The fourth-order valence-corrected chi connectivity index (χ4v) is 3.80. The fraction of sp³-hybridized carbons (Fsp3) is 0.500. The number of sulfonamides is 1. The molecule has 7 nitrogen and oxygen atoms in total. The van der Waals surface area contributed by atoms with Crippen molar-refractivity contribution in [3.8, 4) is 0 Å². The maximum absolute atomic E-state index is 13.6. The molecule has 1 heterocycles. The van der Waals surface area contributed by atoms with Crippen molar-refractivity contribution in [3.63, 3.8) is 0 Å². The predicted molar refractivity (Wildman–Crippen MR) is 76.1 cm³/mol. The molecule has 0 aliphatic carbocycles. The molecule has 9 heteroatoms. The van der Waals surface area contributed by atoms with Gasteiger partial charge in [0.1, 0.15) is 5.82 Å². The highest BCUT2D eigenvalue weighted by Crippen LogP contribution is 2.23. The first kappa shape index (κ1) is 15.6. The molecule has 2 N–H and O–H groups in total. The quantitative estimate of drug-likeness (QED) is 0.632. The van der Waals surface area contributed by atoms with E-state index in [1.54, 1.807) is 0 Å². The molecule has 1 saturated heterocycles. The smallest absolute Gasteiger partial charge is 0.271 e. The minimum absolute atomic E-state index is 0.00510. The number of halogens is 1. The van der Waals surface area contributed by atoms with E-state index in [1.165, 1.54) is 0 Å². The Morgan fingerprint density at radius 2 is 2.05 bits per heavy atom. The average Bonchev–Trinajstić information content (AvgIpc) is 2.41. The molecule has 1 aliphatic heterocycles. The van der Waals surface area contributed by atoms with Gasteiger partial charge < -0.3 is 5.32 Å². The Balaban J connectivity index is 2.12. The molecule has 1 aliphatic rings. The van der Waals surface area contributed by atoms with Crippen LogP contribution in [0.25, 0.3) is 0 Å². The molecule has 2 rings (SSSR count). The van der Waals surface area contributed by atoms with Crippen molar-refractivity contribution in [2.24, 2.45) is 5.92 Å². The van der Waals surface area contributed by atoms with Gasteiger partial charge in [-0.15, -0.1) is 0 Å². The standard InChI is InChI=1S/C12H16FN3O4S/c13-11-2-1-10(16(17)18)7-12(11)15-21(19,20)8-9-3-5-14-6-4-9/h1-2,7,9,14-15H,3-6,8H2. The van der Waals surface area contributed by atoms with Gasteiger partial charge in [-0.2, -0.15) is 0 Å². The number of benzene rings is 1. The van der Waals surface area contributed by atoms with Gasteiger partial charge in [0.2, 0.25) is 10.0 Å². The summed E-state index contributed by atoms with van der Waals surface area (Å²) in [6.07, 6.45) is 1.47. The minimum Gasteiger partial charge on any atom is -0.317 e. The highest BCUT2D eigenvalue weighted by Gasteiger charge is 2.23. The normalized spacial score (nSPS) is 16.6. The van der Waals surface area contributed by atoms with Gasteiger partial charge in [-0.3, -0.25) is 14.8 Å². The van der Waals surface area contributed by atoms with Crippen LogP contribution in [0.1, 0.15) is 12.8 Å². The minimum atomic E-state index is -3.74. The summed E-state index contributed by atoms with van der Waals surface area (Å²) in [5.41, 5.74) is -0.755. The molecular formula is C12H16FN3O4S. The van der Waals surface area contributed by atoms with Crippen LogP contribution in [0, 0.1) is 21.8 Å². The van der Waals surface area contributed by atoms with E-state index in [1.807, 2.05) is 0 Å². The summed E-state index contributed by atoms with van der Waals surface area (Å²) >= 11 is 0. The van der Waals surface area contributed by atoms with E-state index in [-0.39, 0.29) is 17.4 Å². The van der Waals surface area contributed by atoms with Gasteiger partial charge in [-0.25, -0.2) is 12.8 Å². The monoisotopic (exact) mass is 317 g/mol. The molecule has 0 atom stereocenters. The molecule has 1 aromatic carbocycles. The topological polar surface area (TPSA) is 101 Å². The van der Waals surface area contributed by atoms with Crippen LogP contribution in [-0.4, -0.2) is 32.2 Å². The molecule has 0 bridgehead atoms. The van der Waals surface area contributed by atoms with E-state index in [9.17, 15) is 22.9 Å². The average molecular weight is 317 g/mol. The number of nitro benzene ring substituents is 1. The maximum atomic E-state index is 13.6. The van der Waals surface area contributed by atoms with E-state index in [0.29, 0.717) is 0 Å². The second kappa shape index (κ2) is 6.35. The van der Waals surface area contributed by atoms with Gasteiger partial charge in [-0.05, 0) is 37.9 Å². The van der Waals surface area contributed by atoms with Crippen LogP contribution in [0.3, 0.4) is 0 Å². The Morgan fingerprint density at radius 3 is 2.67 bits per heavy atom. The second-order valence-electron chi connectivity index (χ2n) is 5.00. The number of nitrogens with one attached hydrogen (secondary N) is 2. The van der Waals surface area contributed by atoms with Crippen molar-refractivity contribution >= 4 is 21.4 Å². The van der Waals surface area contributed by atoms with E-state index in [4.69, 9.17) is 0 Å². The lowest BCUT2D eigenvalue weighted by atomic mass is 10.0. The predicted octanol–water partition coefficient (Wildman–Crippen LogP) is 1.48. The third-order valence-corrected chi connectivity index (χ3v) is 4.78. The van der Waals surface area contributed by atoms with Gasteiger partial charge in [0.25, 0.3) is 5.69 Å². The van der Waals surface area contributed by atoms with Crippen molar-refractivity contribution in [2.75, 3.05) is 23.6 Å². The lowest BCUT2D eigenvalue weighted by Gasteiger charge is -2.22. The summed E-state index contributed by atoms with van der Waals surface area (Å²) in [4.78, 5) is 9.94. The Morgan fingerprint density at radius 1 is 1.38 bits per heavy atom. The number of hydrogen-bond donors (Lipinski definition) is 2. The van der Waals surface area contributed by atoms with Crippen molar-refractivity contribution in [1.29, 1.82) is 0 Å². The van der Waals surface area contributed by atoms with Gasteiger partial charge in [0.15, 0.2) is 0 Å². The van der Waals surface area contributed by atoms with E-state index >= 15 is 0 Å². The SMILES string of the molecule is O=[N+]([O-])c1ccc(F)c(NS(=O)(=O)CC2CCNCC2)c1. The number of nitrogens with zero attached hydrogens (tertiary/aromatic N) is 1. The van der Waals surface area contributed by atoms with E-state index in [2.05, 4.69) is 10.0 Å². The van der Waals surface area contributed by atoms with Gasteiger partial charge in [-0.1, -0.05) is 0 Å². The molecule has 0 radical (unpaired) electrons. The third kappa shape index (κ3) is 4.36. The zero-order valence-electron chi connectivity index (χ0n) is 11.2. The summed E-state index contributed by atoms with van der Waals surface area (Å²) in [6, 6.07) is 2.75. The Bertz CT molecular complexity index is 629. The molecular weight excluding hydrogens is 301 g/mol. The van der Waals surface area contributed by atoms with Crippen molar-refractivity contribution in [2.45, 2.75) is 12.8 Å². The lowest BCUT2D eigenvalue weighted by Crippen LogP contribution is -2.33. The zero-order chi connectivity index (χ0) is 15.5. The molecule has 0 amide bonds. The Kier molecular flexibility index (Phi) is 4.73. The van der Waals surface area contributed by atoms with E-state index in [0.717, 1.165) is 44.1 Å². The molecule has 1 fully saturated rings. The van der Waals surface area contributed by atoms with Crippen LogP contribution in [0.5, 0.6) is 0 Å². The lowest BCUT2D eigenvalue weighted by molar-refractivity contribution is -0.384. The molecule has 1 aromatic rings. The number of hydrogen-bond acceptors (Lipinski definition) is 5. The van der Waals surface area contributed by atoms with Gasteiger partial charge in [0, 0.05) is 12.1 Å². The Hall–Kier alpha value is -1.74. The summed E-state index contributed by atoms with van der Waals surface area (Å²) in [6.45, 7) is 1.51. The first-order chi connectivity index (χ1) is 9.87.